The first kappa shape index (κ1) is 15.0. The summed E-state index contributed by atoms with van der Waals surface area (Å²) in [6.07, 6.45) is 0.936. The van der Waals surface area contributed by atoms with Gasteiger partial charge in [0.1, 0.15) is 5.69 Å². The molecule has 4 nitrogen and oxygen atoms in total. The van der Waals surface area contributed by atoms with Crippen LogP contribution in [0.1, 0.15) is 28.5 Å². The number of amides is 1. The van der Waals surface area contributed by atoms with Gasteiger partial charge in [-0.25, -0.2) is 0 Å². The van der Waals surface area contributed by atoms with Crippen LogP contribution in [0.2, 0.25) is 0 Å². The van der Waals surface area contributed by atoms with Gasteiger partial charge in [-0.2, -0.15) is 5.10 Å². The van der Waals surface area contributed by atoms with Gasteiger partial charge in [0, 0.05) is 11.3 Å². The normalized spacial score (nSPS) is 10.5. The molecule has 4 heteroatoms. The molecule has 0 atom stereocenters. The average Bonchev–Trinajstić information content (AvgIpc) is 3.06. The van der Waals surface area contributed by atoms with Gasteiger partial charge < -0.3 is 5.32 Å². The monoisotopic (exact) mass is 305 g/mol. The molecule has 3 aromatic rings. The van der Waals surface area contributed by atoms with Crippen molar-refractivity contribution >= 4 is 11.6 Å². The highest BCUT2D eigenvalue weighted by Gasteiger charge is 2.11. The molecule has 1 amide bonds. The molecule has 0 aliphatic heterocycles. The second-order valence-electron chi connectivity index (χ2n) is 5.54. The van der Waals surface area contributed by atoms with E-state index < -0.39 is 0 Å². The van der Waals surface area contributed by atoms with Crippen molar-refractivity contribution in [2.24, 2.45) is 0 Å². The zero-order valence-electron chi connectivity index (χ0n) is 13.3. The first-order valence-electron chi connectivity index (χ1n) is 7.68. The molecule has 2 aromatic carbocycles. The number of H-pyrrole nitrogens is 1. The molecule has 1 aromatic heterocycles. The largest absolute Gasteiger partial charge is 0.321 e. The number of aryl methyl sites for hydroxylation is 2. The fraction of sp³-hybridized carbons (Fsp3) is 0.158. The van der Waals surface area contributed by atoms with Gasteiger partial charge in [-0.15, -0.1) is 0 Å². The number of hydrogen-bond donors (Lipinski definition) is 2. The van der Waals surface area contributed by atoms with Gasteiger partial charge in [0.05, 0.1) is 5.69 Å². The van der Waals surface area contributed by atoms with E-state index in [-0.39, 0.29) is 5.91 Å². The zero-order chi connectivity index (χ0) is 16.2. The first-order chi connectivity index (χ1) is 11.2. The average molecular weight is 305 g/mol. The summed E-state index contributed by atoms with van der Waals surface area (Å²) in [5.74, 6) is -0.191. The third-order valence-electron chi connectivity index (χ3n) is 3.76. The lowest BCUT2D eigenvalue weighted by molar-refractivity contribution is 0.102. The van der Waals surface area contributed by atoms with Crippen LogP contribution in [0.5, 0.6) is 0 Å². The maximum Gasteiger partial charge on any atom is 0.273 e. The van der Waals surface area contributed by atoms with Crippen molar-refractivity contribution in [3.63, 3.8) is 0 Å². The van der Waals surface area contributed by atoms with Crippen molar-refractivity contribution in [1.29, 1.82) is 0 Å². The third kappa shape index (κ3) is 3.48. The maximum absolute atomic E-state index is 12.3. The van der Waals surface area contributed by atoms with Crippen LogP contribution in [0.25, 0.3) is 11.3 Å². The number of aromatic nitrogens is 2. The number of benzene rings is 2. The predicted molar refractivity (Wildman–Crippen MR) is 92.5 cm³/mol. The highest BCUT2D eigenvalue weighted by Crippen LogP contribution is 2.19. The van der Waals surface area contributed by atoms with E-state index in [9.17, 15) is 4.79 Å². The van der Waals surface area contributed by atoms with Crippen LogP contribution in [0.4, 0.5) is 5.69 Å². The van der Waals surface area contributed by atoms with Crippen LogP contribution in [-0.2, 0) is 6.42 Å². The quantitative estimate of drug-likeness (QED) is 0.759. The maximum atomic E-state index is 12.3. The van der Waals surface area contributed by atoms with Crippen molar-refractivity contribution in [3.05, 3.63) is 71.4 Å². The van der Waals surface area contributed by atoms with E-state index in [0.29, 0.717) is 5.69 Å². The van der Waals surface area contributed by atoms with E-state index in [1.165, 1.54) is 11.1 Å². The second kappa shape index (κ2) is 6.48. The summed E-state index contributed by atoms with van der Waals surface area (Å²) in [6, 6.07) is 17.7. The van der Waals surface area contributed by atoms with Gasteiger partial charge in [0.15, 0.2) is 0 Å². The third-order valence-corrected chi connectivity index (χ3v) is 3.76. The minimum atomic E-state index is -0.191. The summed E-state index contributed by atoms with van der Waals surface area (Å²) in [5, 5.41) is 9.93. The molecule has 0 unspecified atom stereocenters. The molecule has 0 radical (unpaired) electrons. The van der Waals surface area contributed by atoms with Gasteiger partial charge in [-0.3, -0.25) is 9.89 Å². The summed E-state index contributed by atoms with van der Waals surface area (Å²) in [4.78, 5) is 12.3. The minimum Gasteiger partial charge on any atom is -0.321 e. The van der Waals surface area contributed by atoms with E-state index in [0.717, 1.165) is 23.4 Å². The first-order valence-corrected chi connectivity index (χ1v) is 7.68. The van der Waals surface area contributed by atoms with Crippen LogP contribution < -0.4 is 5.32 Å². The Hall–Kier alpha value is -2.88. The van der Waals surface area contributed by atoms with E-state index in [4.69, 9.17) is 0 Å². The molecule has 23 heavy (non-hydrogen) atoms. The molecular weight excluding hydrogens is 286 g/mol. The molecule has 0 saturated carbocycles. The van der Waals surface area contributed by atoms with Gasteiger partial charge >= 0.3 is 0 Å². The Morgan fingerprint density at radius 1 is 1.13 bits per heavy atom. The smallest absolute Gasteiger partial charge is 0.273 e. The van der Waals surface area contributed by atoms with E-state index >= 15 is 0 Å². The van der Waals surface area contributed by atoms with Gasteiger partial charge in [-0.1, -0.05) is 48.9 Å². The second-order valence-corrected chi connectivity index (χ2v) is 5.54. The van der Waals surface area contributed by atoms with Crippen molar-refractivity contribution in [3.8, 4) is 11.3 Å². The topological polar surface area (TPSA) is 57.8 Å². The molecule has 0 aliphatic carbocycles. The Bertz CT molecular complexity index is 819. The van der Waals surface area contributed by atoms with Gasteiger partial charge in [0.25, 0.3) is 5.91 Å². The Balaban J connectivity index is 1.76. The molecule has 0 bridgehead atoms. The van der Waals surface area contributed by atoms with Crippen LogP contribution in [-0.4, -0.2) is 16.1 Å². The number of carbonyl (C=O) groups excluding carboxylic acids is 1. The van der Waals surface area contributed by atoms with Crippen molar-refractivity contribution in [2.75, 3.05) is 5.32 Å². The zero-order valence-corrected chi connectivity index (χ0v) is 13.3. The number of nitrogens with zero attached hydrogens (tertiary/aromatic N) is 1. The molecule has 0 spiro atoms. The summed E-state index contributed by atoms with van der Waals surface area (Å²) in [5.41, 5.74) is 5.37. The molecule has 3 rings (SSSR count). The van der Waals surface area contributed by atoms with E-state index in [2.05, 4.69) is 22.4 Å². The van der Waals surface area contributed by atoms with Gasteiger partial charge in [0.2, 0.25) is 0 Å². The van der Waals surface area contributed by atoms with Crippen molar-refractivity contribution in [2.45, 2.75) is 20.3 Å². The number of anilines is 1. The lowest BCUT2D eigenvalue weighted by Gasteiger charge is -2.05. The molecule has 0 aliphatic rings. The lowest BCUT2D eigenvalue weighted by Crippen LogP contribution is -2.12. The van der Waals surface area contributed by atoms with Crippen LogP contribution in [0, 0.1) is 6.92 Å². The van der Waals surface area contributed by atoms with Crippen LogP contribution >= 0.6 is 0 Å². The number of nitrogens with one attached hydrogen (secondary N) is 2. The van der Waals surface area contributed by atoms with Gasteiger partial charge in [-0.05, 0) is 37.1 Å². The van der Waals surface area contributed by atoms with E-state index in [1.54, 1.807) is 6.07 Å². The fourth-order valence-electron chi connectivity index (χ4n) is 2.38. The Morgan fingerprint density at radius 3 is 2.65 bits per heavy atom. The molecule has 0 saturated heterocycles. The van der Waals surface area contributed by atoms with Crippen LogP contribution in [0.15, 0.2) is 54.6 Å². The SMILES string of the molecule is CCc1cccc(NC(=O)c2cc(-c3ccc(C)cc3)n[nH]2)c1. The summed E-state index contributed by atoms with van der Waals surface area (Å²) >= 11 is 0. The van der Waals surface area contributed by atoms with Crippen LogP contribution in [0.3, 0.4) is 0 Å². The van der Waals surface area contributed by atoms with E-state index in [1.807, 2.05) is 55.5 Å². The molecule has 0 fully saturated rings. The Morgan fingerprint density at radius 2 is 1.91 bits per heavy atom. The summed E-state index contributed by atoms with van der Waals surface area (Å²) < 4.78 is 0. The Kier molecular flexibility index (Phi) is 4.24. The fourth-order valence-corrected chi connectivity index (χ4v) is 2.38. The standard InChI is InChI=1S/C19H19N3O/c1-3-14-5-4-6-16(11-14)20-19(23)18-12-17(21-22-18)15-9-7-13(2)8-10-15/h4-12H,3H2,1-2H3,(H,20,23)(H,21,22). The van der Waals surface area contributed by atoms with Crippen molar-refractivity contribution < 1.29 is 4.79 Å². The predicted octanol–water partition coefficient (Wildman–Crippen LogP) is 4.20. The summed E-state index contributed by atoms with van der Waals surface area (Å²) in [7, 11) is 0. The number of rotatable bonds is 4. The summed E-state index contributed by atoms with van der Waals surface area (Å²) in [6.45, 7) is 4.13. The highest BCUT2D eigenvalue weighted by molar-refractivity contribution is 6.03. The molecular formula is C19H19N3O. The number of carbonyl (C=O) groups is 1. The van der Waals surface area contributed by atoms with Crippen molar-refractivity contribution in [1.82, 2.24) is 10.2 Å². The molecule has 116 valence electrons. The minimum absolute atomic E-state index is 0.191. The molecule has 2 N–H and O–H groups in total. The Labute approximate surface area is 135 Å². The number of hydrogen-bond acceptors (Lipinski definition) is 2. The lowest BCUT2D eigenvalue weighted by atomic mass is 10.1. The highest BCUT2D eigenvalue weighted by atomic mass is 16.1. The molecule has 1 heterocycles. The number of aromatic amines is 1.